The lowest BCUT2D eigenvalue weighted by atomic mass is 9.93. The molecule has 6 heteroatoms. The fourth-order valence-corrected chi connectivity index (χ4v) is 4.54. The second kappa shape index (κ2) is 6.56. The molecule has 1 N–H and O–H groups in total. The normalized spacial score (nSPS) is 23.7. The van der Waals surface area contributed by atoms with Crippen molar-refractivity contribution < 1.29 is 13.5 Å². The van der Waals surface area contributed by atoms with Gasteiger partial charge in [0.15, 0.2) is 0 Å². The van der Waals surface area contributed by atoms with E-state index in [0.717, 1.165) is 18.4 Å². The second-order valence-electron chi connectivity index (χ2n) is 5.46. The third-order valence-corrected chi connectivity index (χ3v) is 6.00. The molecule has 1 aromatic carbocycles. The van der Waals surface area contributed by atoms with Gasteiger partial charge >= 0.3 is 0 Å². The summed E-state index contributed by atoms with van der Waals surface area (Å²) in [5.41, 5.74) is 0.794. The first-order valence-corrected chi connectivity index (χ1v) is 8.53. The van der Waals surface area contributed by atoms with Crippen LogP contribution in [-0.2, 0) is 16.4 Å². The number of nitriles is 1. The number of aliphatic hydroxyl groups is 1. The Bertz CT molecular complexity index is 619. The van der Waals surface area contributed by atoms with Crippen LogP contribution < -0.4 is 0 Å². The number of nitrogens with zero attached hydrogens (tertiary/aromatic N) is 2. The molecule has 2 rings (SSSR count). The van der Waals surface area contributed by atoms with Crippen LogP contribution in [-0.4, -0.2) is 37.0 Å². The lowest BCUT2D eigenvalue weighted by Crippen LogP contribution is -2.49. The van der Waals surface area contributed by atoms with Crippen LogP contribution in [0.3, 0.4) is 0 Å². The van der Waals surface area contributed by atoms with Crippen molar-refractivity contribution in [3.05, 3.63) is 29.8 Å². The van der Waals surface area contributed by atoms with Crippen LogP contribution in [0.5, 0.6) is 0 Å². The highest BCUT2D eigenvalue weighted by atomic mass is 32.2. The van der Waals surface area contributed by atoms with E-state index < -0.39 is 10.0 Å². The van der Waals surface area contributed by atoms with Gasteiger partial charge in [-0.15, -0.1) is 0 Å². The smallest absolute Gasteiger partial charge is 0.243 e. The fraction of sp³-hybridized carbons (Fsp3) is 0.533. The number of rotatable bonds is 4. The molecule has 1 aliphatic rings. The molecule has 0 radical (unpaired) electrons. The van der Waals surface area contributed by atoms with Crippen LogP contribution in [0.2, 0.25) is 0 Å². The fourth-order valence-electron chi connectivity index (χ4n) is 2.79. The van der Waals surface area contributed by atoms with Crippen molar-refractivity contribution in [2.45, 2.75) is 37.1 Å². The molecule has 0 bridgehead atoms. The first-order chi connectivity index (χ1) is 10.0. The van der Waals surface area contributed by atoms with Crippen LogP contribution in [0.4, 0.5) is 0 Å². The molecule has 21 heavy (non-hydrogen) atoms. The Kier molecular flexibility index (Phi) is 4.99. The maximum atomic E-state index is 12.7. The Morgan fingerprint density at radius 1 is 1.38 bits per heavy atom. The SMILES string of the molecule is CC1CCCN(S(=O)(=O)c2ccc(CC#N)cc2)C1CO. The van der Waals surface area contributed by atoms with Crippen molar-refractivity contribution >= 4 is 10.0 Å². The molecule has 2 unspecified atom stereocenters. The molecular formula is C15H20N2O3S. The van der Waals surface area contributed by atoms with Crippen LogP contribution >= 0.6 is 0 Å². The van der Waals surface area contributed by atoms with Gasteiger partial charge in [0.05, 0.1) is 30.0 Å². The van der Waals surface area contributed by atoms with Crippen molar-refractivity contribution in [1.29, 1.82) is 5.26 Å². The van der Waals surface area contributed by atoms with Crippen molar-refractivity contribution in [2.24, 2.45) is 5.92 Å². The standard InChI is InChI=1S/C15H20N2O3S/c1-12-3-2-10-17(15(12)11-18)21(19,20)14-6-4-13(5-7-14)8-9-16/h4-7,12,15,18H,2-3,8,10-11H2,1H3. The molecule has 1 saturated heterocycles. The van der Waals surface area contributed by atoms with Crippen molar-refractivity contribution in [3.8, 4) is 6.07 Å². The van der Waals surface area contributed by atoms with E-state index in [-0.39, 0.29) is 29.9 Å². The summed E-state index contributed by atoms with van der Waals surface area (Å²) in [6.45, 7) is 2.25. The summed E-state index contributed by atoms with van der Waals surface area (Å²) in [6, 6.07) is 8.08. The Balaban J connectivity index is 2.30. The molecule has 1 heterocycles. The zero-order valence-electron chi connectivity index (χ0n) is 12.1. The summed E-state index contributed by atoms with van der Waals surface area (Å²) < 4.78 is 26.9. The number of benzene rings is 1. The van der Waals surface area contributed by atoms with Crippen molar-refractivity contribution in [3.63, 3.8) is 0 Å². The van der Waals surface area contributed by atoms with Gasteiger partial charge in [-0.25, -0.2) is 8.42 Å². The van der Waals surface area contributed by atoms with Crippen molar-refractivity contribution in [1.82, 2.24) is 4.31 Å². The van der Waals surface area contributed by atoms with E-state index in [0.29, 0.717) is 6.54 Å². The van der Waals surface area contributed by atoms with E-state index in [1.807, 2.05) is 13.0 Å². The summed E-state index contributed by atoms with van der Waals surface area (Å²) in [4.78, 5) is 0.219. The maximum Gasteiger partial charge on any atom is 0.243 e. The number of sulfonamides is 1. The minimum atomic E-state index is -3.60. The minimum absolute atomic E-state index is 0.149. The first-order valence-electron chi connectivity index (χ1n) is 7.09. The first kappa shape index (κ1) is 16.0. The topological polar surface area (TPSA) is 81.4 Å². The van der Waals surface area contributed by atoms with E-state index in [1.165, 1.54) is 16.4 Å². The lowest BCUT2D eigenvalue weighted by Gasteiger charge is -2.37. The highest BCUT2D eigenvalue weighted by Gasteiger charge is 2.36. The van der Waals surface area contributed by atoms with Gasteiger partial charge in [-0.2, -0.15) is 9.57 Å². The van der Waals surface area contributed by atoms with E-state index in [9.17, 15) is 13.5 Å². The predicted molar refractivity (Wildman–Crippen MR) is 78.9 cm³/mol. The summed E-state index contributed by atoms with van der Waals surface area (Å²) in [5, 5.41) is 18.2. The molecule has 0 saturated carbocycles. The zero-order chi connectivity index (χ0) is 15.5. The molecule has 2 atom stereocenters. The van der Waals surface area contributed by atoms with Gasteiger partial charge in [0.1, 0.15) is 0 Å². The molecule has 0 aliphatic carbocycles. The van der Waals surface area contributed by atoms with Crippen molar-refractivity contribution in [2.75, 3.05) is 13.2 Å². The van der Waals surface area contributed by atoms with Gasteiger partial charge in [-0.1, -0.05) is 19.1 Å². The average Bonchev–Trinajstić information content (AvgIpc) is 2.48. The van der Waals surface area contributed by atoms with Gasteiger partial charge in [0, 0.05) is 6.54 Å². The van der Waals surface area contributed by atoms with Crippen LogP contribution in [0.15, 0.2) is 29.2 Å². The Labute approximate surface area is 125 Å². The number of piperidine rings is 1. The third-order valence-electron chi connectivity index (χ3n) is 4.06. The van der Waals surface area contributed by atoms with Gasteiger partial charge in [0.25, 0.3) is 0 Å². The lowest BCUT2D eigenvalue weighted by molar-refractivity contribution is 0.113. The number of aliphatic hydroxyl groups excluding tert-OH is 1. The van der Waals surface area contributed by atoms with Crippen LogP contribution in [0.25, 0.3) is 0 Å². The Morgan fingerprint density at radius 2 is 2.05 bits per heavy atom. The minimum Gasteiger partial charge on any atom is -0.395 e. The monoisotopic (exact) mass is 308 g/mol. The van der Waals surface area contributed by atoms with Gasteiger partial charge in [-0.05, 0) is 36.5 Å². The van der Waals surface area contributed by atoms with E-state index in [2.05, 4.69) is 0 Å². The molecule has 1 aromatic rings. The van der Waals surface area contributed by atoms with Crippen LogP contribution in [0.1, 0.15) is 25.3 Å². The maximum absolute atomic E-state index is 12.7. The van der Waals surface area contributed by atoms with Crippen LogP contribution in [0, 0.1) is 17.2 Å². The van der Waals surface area contributed by atoms with Gasteiger partial charge < -0.3 is 5.11 Å². The van der Waals surface area contributed by atoms with E-state index in [4.69, 9.17) is 5.26 Å². The summed E-state index contributed by atoms with van der Waals surface area (Å²) in [5.74, 6) is 0.149. The summed E-state index contributed by atoms with van der Waals surface area (Å²) in [7, 11) is -3.60. The number of hydrogen-bond donors (Lipinski definition) is 1. The number of hydrogen-bond acceptors (Lipinski definition) is 4. The Morgan fingerprint density at radius 3 is 2.62 bits per heavy atom. The summed E-state index contributed by atoms with van der Waals surface area (Å²) in [6.07, 6.45) is 2.00. The zero-order valence-corrected chi connectivity index (χ0v) is 12.9. The molecule has 0 amide bonds. The Hall–Kier alpha value is -1.42. The predicted octanol–water partition coefficient (Wildman–Crippen LogP) is 1.53. The molecule has 114 valence electrons. The van der Waals surface area contributed by atoms with E-state index in [1.54, 1.807) is 12.1 Å². The second-order valence-corrected chi connectivity index (χ2v) is 7.35. The molecule has 1 aliphatic heterocycles. The molecule has 1 fully saturated rings. The molecule has 0 spiro atoms. The molecule has 5 nitrogen and oxygen atoms in total. The third kappa shape index (κ3) is 3.26. The summed E-state index contributed by atoms with van der Waals surface area (Å²) >= 11 is 0. The largest absolute Gasteiger partial charge is 0.395 e. The quantitative estimate of drug-likeness (QED) is 0.914. The van der Waals surface area contributed by atoms with Gasteiger partial charge in [-0.3, -0.25) is 0 Å². The highest BCUT2D eigenvalue weighted by Crippen LogP contribution is 2.29. The average molecular weight is 308 g/mol. The van der Waals surface area contributed by atoms with Gasteiger partial charge in [0.2, 0.25) is 10.0 Å². The van der Waals surface area contributed by atoms with E-state index >= 15 is 0 Å². The molecular weight excluding hydrogens is 288 g/mol. The molecule has 0 aromatic heterocycles. The highest BCUT2D eigenvalue weighted by molar-refractivity contribution is 7.89.